The van der Waals surface area contributed by atoms with Crippen molar-refractivity contribution in [3.63, 3.8) is 0 Å². The van der Waals surface area contributed by atoms with Gasteiger partial charge < -0.3 is 9.84 Å². The monoisotopic (exact) mass is 542 g/mol. The first-order valence-corrected chi connectivity index (χ1v) is 15.1. The van der Waals surface area contributed by atoms with E-state index in [2.05, 4.69) is 13.5 Å². The molecular weight excluding hydrogens is 497 g/mol. The molecular formula is C34H45F3O2. The first-order chi connectivity index (χ1) is 18.9. The van der Waals surface area contributed by atoms with Gasteiger partial charge in [-0.25, -0.2) is 13.2 Å². The lowest BCUT2D eigenvalue weighted by molar-refractivity contribution is 0.0727. The molecule has 1 atom stereocenters. The summed E-state index contributed by atoms with van der Waals surface area (Å²) in [4.78, 5) is 0. The molecule has 4 rings (SSSR count). The first kappa shape index (κ1) is 29.7. The van der Waals surface area contributed by atoms with Crippen LogP contribution in [0.1, 0.15) is 112 Å². The second-order valence-electron chi connectivity index (χ2n) is 11.8. The fourth-order valence-corrected chi connectivity index (χ4v) is 6.76. The maximum absolute atomic E-state index is 15.3. The number of ether oxygens (including phenoxy) is 1. The second-order valence-corrected chi connectivity index (χ2v) is 11.8. The Morgan fingerprint density at radius 1 is 0.923 bits per heavy atom. The molecule has 0 aliphatic heterocycles. The van der Waals surface area contributed by atoms with E-state index in [4.69, 9.17) is 4.74 Å². The van der Waals surface area contributed by atoms with Gasteiger partial charge in [-0.05, 0) is 123 Å². The Morgan fingerprint density at radius 3 is 2.10 bits per heavy atom. The Morgan fingerprint density at radius 2 is 1.54 bits per heavy atom. The molecule has 2 aliphatic rings. The van der Waals surface area contributed by atoms with Crippen molar-refractivity contribution in [1.82, 2.24) is 0 Å². The molecule has 0 aromatic heterocycles. The van der Waals surface area contributed by atoms with Crippen LogP contribution in [0.2, 0.25) is 0 Å². The Kier molecular flexibility index (Phi) is 11.0. The van der Waals surface area contributed by atoms with E-state index < -0.39 is 11.6 Å². The zero-order valence-electron chi connectivity index (χ0n) is 23.4. The summed E-state index contributed by atoms with van der Waals surface area (Å²) in [6, 6.07) is 8.73. The molecule has 5 heteroatoms. The van der Waals surface area contributed by atoms with Crippen molar-refractivity contribution in [3.8, 4) is 5.75 Å². The minimum atomic E-state index is -0.667. The highest BCUT2D eigenvalue weighted by Crippen LogP contribution is 2.42. The summed E-state index contributed by atoms with van der Waals surface area (Å²) in [6.45, 7) is 6.22. The quantitative estimate of drug-likeness (QED) is 0.214. The molecule has 1 N–H and O–H groups in total. The van der Waals surface area contributed by atoms with Gasteiger partial charge in [-0.1, -0.05) is 37.6 Å². The Balaban J connectivity index is 1.27. The highest BCUT2D eigenvalue weighted by atomic mass is 19.2. The Bertz CT molecular complexity index is 1070. The van der Waals surface area contributed by atoms with Gasteiger partial charge in [-0.2, -0.15) is 0 Å². The van der Waals surface area contributed by atoms with E-state index >= 15 is 8.78 Å². The summed E-state index contributed by atoms with van der Waals surface area (Å²) in [6.07, 6.45) is 12.5. The van der Waals surface area contributed by atoms with Crippen molar-refractivity contribution < 1.29 is 23.0 Å². The molecule has 2 aromatic carbocycles. The SMILES string of the molecule is C=CCCOc1ccc(CCC2CCC(c3ccc(C4CCC(C(O)CCC)CC4)c(F)c3F)CC2)c(F)c1. The van der Waals surface area contributed by atoms with Crippen LogP contribution in [0, 0.1) is 29.3 Å². The number of aliphatic hydroxyl groups excluding tert-OH is 1. The number of hydrogen-bond donors (Lipinski definition) is 1. The second kappa shape index (κ2) is 14.4. The van der Waals surface area contributed by atoms with Gasteiger partial charge in [0.25, 0.3) is 0 Å². The lowest BCUT2D eigenvalue weighted by Gasteiger charge is -2.32. The summed E-state index contributed by atoms with van der Waals surface area (Å²) >= 11 is 0. The lowest BCUT2D eigenvalue weighted by atomic mass is 9.74. The molecule has 0 saturated heterocycles. The third kappa shape index (κ3) is 7.68. The minimum absolute atomic E-state index is 0.0301. The third-order valence-corrected chi connectivity index (χ3v) is 9.21. The number of halogens is 3. The van der Waals surface area contributed by atoms with Crippen molar-refractivity contribution in [2.75, 3.05) is 6.61 Å². The molecule has 0 radical (unpaired) electrons. The fraction of sp³-hybridized carbons (Fsp3) is 0.588. The normalized spacial score (nSPS) is 24.3. The topological polar surface area (TPSA) is 29.5 Å². The van der Waals surface area contributed by atoms with E-state index in [1.807, 2.05) is 24.3 Å². The van der Waals surface area contributed by atoms with Crippen LogP contribution in [0.25, 0.3) is 0 Å². The van der Waals surface area contributed by atoms with E-state index in [9.17, 15) is 9.50 Å². The summed E-state index contributed by atoms with van der Waals surface area (Å²) in [5.41, 5.74) is 1.72. The number of rotatable bonds is 12. The van der Waals surface area contributed by atoms with Crippen LogP contribution in [-0.4, -0.2) is 17.8 Å². The van der Waals surface area contributed by atoms with Gasteiger partial charge in [0, 0.05) is 6.07 Å². The molecule has 0 amide bonds. The molecule has 214 valence electrons. The molecule has 2 saturated carbocycles. The van der Waals surface area contributed by atoms with Gasteiger partial charge in [-0.3, -0.25) is 0 Å². The highest BCUT2D eigenvalue weighted by Gasteiger charge is 2.31. The van der Waals surface area contributed by atoms with Crippen LogP contribution in [0.15, 0.2) is 43.0 Å². The van der Waals surface area contributed by atoms with Crippen LogP contribution < -0.4 is 4.74 Å². The zero-order valence-corrected chi connectivity index (χ0v) is 23.4. The molecule has 2 aliphatic carbocycles. The van der Waals surface area contributed by atoms with Gasteiger partial charge in [0.15, 0.2) is 11.6 Å². The number of benzene rings is 2. The fourth-order valence-electron chi connectivity index (χ4n) is 6.76. The number of aryl methyl sites for hydroxylation is 1. The Hall–Kier alpha value is -2.27. The number of aliphatic hydroxyl groups is 1. The van der Waals surface area contributed by atoms with Gasteiger partial charge in [0.2, 0.25) is 0 Å². The largest absolute Gasteiger partial charge is 0.493 e. The molecule has 0 spiro atoms. The molecule has 0 bridgehead atoms. The van der Waals surface area contributed by atoms with Crippen molar-refractivity contribution in [2.45, 2.75) is 108 Å². The van der Waals surface area contributed by atoms with Crippen LogP contribution in [0.5, 0.6) is 5.75 Å². The van der Waals surface area contributed by atoms with Crippen molar-refractivity contribution in [3.05, 3.63) is 77.1 Å². The predicted molar refractivity (Wildman–Crippen MR) is 152 cm³/mol. The van der Waals surface area contributed by atoms with E-state index in [1.54, 1.807) is 6.08 Å². The molecule has 1 unspecified atom stereocenters. The van der Waals surface area contributed by atoms with E-state index in [0.717, 1.165) is 77.0 Å². The Labute approximate surface area is 232 Å². The van der Waals surface area contributed by atoms with Gasteiger partial charge >= 0.3 is 0 Å². The van der Waals surface area contributed by atoms with Crippen molar-refractivity contribution in [2.24, 2.45) is 11.8 Å². The van der Waals surface area contributed by atoms with Crippen molar-refractivity contribution >= 4 is 0 Å². The first-order valence-electron chi connectivity index (χ1n) is 15.1. The lowest BCUT2D eigenvalue weighted by Crippen LogP contribution is -2.25. The minimum Gasteiger partial charge on any atom is -0.493 e. The van der Waals surface area contributed by atoms with Crippen molar-refractivity contribution in [1.29, 1.82) is 0 Å². The van der Waals surface area contributed by atoms with Gasteiger partial charge in [-0.15, -0.1) is 6.58 Å². The summed E-state index contributed by atoms with van der Waals surface area (Å²) in [5, 5.41) is 10.3. The smallest absolute Gasteiger partial charge is 0.162 e. The van der Waals surface area contributed by atoms with Gasteiger partial charge in [0.05, 0.1) is 12.7 Å². The molecule has 2 aromatic rings. The van der Waals surface area contributed by atoms with Crippen LogP contribution in [-0.2, 0) is 6.42 Å². The maximum atomic E-state index is 15.3. The van der Waals surface area contributed by atoms with Crippen LogP contribution in [0.4, 0.5) is 13.2 Å². The van der Waals surface area contributed by atoms with Gasteiger partial charge in [0.1, 0.15) is 11.6 Å². The van der Waals surface area contributed by atoms with Crippen LogP contribution >= 0.6 is 0 Å². The third-order valence-electron chi connectivity index (χ3n) is 9.21. The maximum Gasteiger partial charge on any atom is 0.162 e. The standard InChI is InChI=1S/C34H45F3O2/c1-3-5-21-39-28-18-17-26(31(35)22-28)12-9-23-7-10-24(11-8-23)29-19-20-30(34(37)33(29)36)25-13-15-27(16-14-25)32(38)6-4-2/h3,17-20,22-25,27,32,38H,1,4-16,21H2,2H3. The summed E-state index contributed by atoms with van der Waals surface area (Å²) in [5.74, 6) is -0.215. The molecule has 39 heavy (non-hydrogen) atoms. The average molecular weight is 543 g/mol. The summed E-state index contributed by atoms with van der Waals surface area (Å²) < 4.78 is 50.6. The van der Waals surface area contributed by atoms with E-state index in [-0.39, 0.29) is 29.7 Å². The van der Waals surface area contributed by atoms with E-state index in [1.165, 1.54) is 6.07 Å². The van der Waals surface area contributed by atoms with Crippen LogP contribution in [0.3, 0.4) is 0 Å². The summed E-state index contributed by atoms with van der Waals surface area (Å²) in [7, 11) is 0. The number of hydrogen-bond acceptors (Lipinski definition) is 2. The molecule has 2 fully saturated rings. The molecule has 2 nitrogen and oxygen atoms in total. The average Bonchev–Trinajstić information content (AvgIpc) is 2.95. The highest BCUT2D eigenvalue weighted by molar-refractivity contribution is 5.32. The zero-order chi connectivity index (χ0) is 27.8. The molecule has 0 heterocycles. The van der Waals surface area contributed by atoms with E-state index in [0.29, 0.717) is 41.4 Å². The predicted octanol–water partition coefficient (Wildman–Crippen LogP) is 9.40.